The van der Waals surface area contributed by atoms with Crippen LogP contribution in [0.5, 0.6) is 0 Å². The first kappa shape index (κ1) is 15.4. The molecule has 0 aliphatic carbocycles. The van der Waals surface area contributed by atoms with E-state index in [2.05, 4.69) is 20.7 Å². The Balaban J connectivity index is 1.70. The smallest absolute Gasteiger partial charge is 0.273 e. The lowest BCUT2D eigenvalue weighted by molar-refractivity contribution is -0.0514. The zero-order valence-electron chi connectivity index (χ0n) is 12.7. The third-order valence-corrected chi connectivity index (χ3v) is 4.11. The summed E-state index contributed by atoms with van der Waals surface area (Å²) in [6.07, 6.45) is 0.684. The average Bonchev–Trinajstić information content (AvgIpc) is 2.81. The summed E-state index contributed by atoms with van der Waals surface area (Å²) in [7, 11) is 1.57. The van der Waals surface area contributed by atoms with E-state index in [9.17, 15) is 9.90 Å². The van der Waals surface area contributed by atoms with Gasteiger partial charge in [0.15, 0.2) is 5.69 Å². The molecule has 0 radical (unpaired) electrons. The third kappa shape index (κ3) is 3.14. The summed E-state index contributed by atoms with van der Waals surface area (Å²) in [4.78, 5) is 13.9. The van der Waals surface area contributed by atoms with Crippen molar-refractivity contribution < 1.29 is 19.2 Å². The quantitative estimate of drug-likeness (QED) is 0.641. The molecule has 8 nitrogen and oxygen atoms in total. The zero-order chi connectivity index (χ0) is 15.6. The van der Waals surface area contributed by atoms with Crippen LogP contribution in [0.2, 0.25) is 0 Å². The van der Waals surface area contributed by atoms with Crippen molar-refractivity contribution in [3.63, 3.8) is 0 Å². The number of nitrogens with one attached hydrogen (secondary N) is 2. The third-order valence-electron chi connectivity index (χ3n) is 4.11. The molecule has 1 aromatic heterocycles. The molecule has 3 N–H and O–H groups in total. The minimum absolute atomic E-state index is 0.245. The second kappa shape index (κ2) is 6.33. The molecule has 122 valence electrons. The van der Waals surface area contributed by atoms with Gasteiger partial charge in [-0.15, -0.1) is 0 Å². The van der Waals surface area contributed by atoms with Crippen molar-refractivity contribution in [3.8, 4) is 0 Å². The number of hydrogen-bond acceptors (Lipinski definition) is 7. The largest absolute Gasteiger partial charge is 0.385 e. The van der Waals surface area contributed by atoms with Crippen LogP contribution in [0.4, 0.5) is 0 Å². The van der Waals surface area contributed by atoms with Gasteiger partial charge in [-0.1, -0.05) is 5.16 Å². The fourth-order valence-corrected chi connectivity index (χ4v) is 2.99. The number of ether oxygens (including phenoxy) is 1. The van der Waals surface area contributed by atoms with Crippen LogP contribution in [0.1, 0.15) is 21.8 Å². The van der Waals surface area contributed by atoms with Crippen LogP contribution in [-0.2, 0) is 17.7 Å². The Morgan fingerprint density at radius 1 is 1.59 bits per heavy atom. The summed E-state index contributed by atoms with van der Waals surface area (Å²) in [6.45, 7) is 3.97. The predicted molar refractivity (Wildman–Crippen MR) is 77.5 cm³/mol. The number of hydrogen-bond donors (Lipinski definition) is 3. The van der Waals surface area contributed by atoms with Crippen molar-refractivity contribution in [2.75, 3.05) is 46.4 Å². The molecule has 2 aliphatic rings. The molecule has 8 heteroatoms. The number of aliphatic hydroxyl groups is 1. The van der Waals surface area contributed by atoms with E-state index in [1.54, 1.807) is 7.05 Å². The molecule has 1 saturated heterocycles. The second-order valence-corrected chi connectivity index (χ2v) is 5.93. The molecule has 1 fully saturated rings. The molecule has 2 aliphatic heterocycles. The summed E-state index contributed by atoms with van der Waals surface area (Å²) >= 11 is 0. The molecule has 22 heavy (non-hydrogen) atoms. The maximum atomic E-state index is 11.8. The minimum Gasteiger partial charge on any atom is -0.385 e. The topological polar surface area (TPSA) is 99.9 Å². The van der Waals surface area contributed by atoms with Crippen molar-refractivity contribution in [2.45, 2.75) is 18.6 Å². The van der Waals surface area contributed by atoms with Gasteiger partial charge in [-0.3, -0.25) is 9.69 Å². The van der Waals surface area contributed by atoms with E-state index in [4.69, 9.17) is 9.26 Å². The lowest BCUT2D eigenvalue weighted by Crippen LogP contribution is -2.52. The lowest BCUT2D eigenvalue weighted by atomic mass is 10.0. The first-order valence-electron chi connectivity index (χ1n) is 7.54. The Morgan fingerprint density at radius 2 is 2.45 bits per heavy atom. The van der Waals surface area contributed by atoms with Gasteiger partial charge in [0.1, 0.15) is 11.4 Å². The van der Waals surface area contributed by atoms with E-state index in [-0.39, 0.29) is 5.91 Å². The Morgan fingerprint density at radius 3 is 3.27 bits per heavy atom. The first-order chi connectivity index (χ1) is 10.6. The van der Waals surface area contributed by atoms with Crippen molar-refractivity contribution in [1.82, 2.24) is 20.7 Å². The monoisotopic (exact) mass is 310 g/mol. The molecule has 0 aromatic carbocycles. The van der Waals surface area contributed by atoms with Crippen LogP contribution in [-0.4, -0.2) is 73.1 Å². The van der Waals surface area contributed by atoms with Crippen LogP contribution >= 0.6 is 0 Å². The molecule has 3 rings (SSSR count). The molecule has 0 bridgehead atoms. The van der Waals surface area contributed by atoms with E-state index in [1.165, 1.54) is 0 Å². The van der Waals surface area contributed by atoms with Crippen LogP contribution < -0.4 is 10.6 Å². The molecule has 0 spiro atoms. The Hall–Kier alpha value is -1.48. The van der Waals surface area contributed by atoms with Gasteiger partial charge in [0.05, 0.1) is 13.2 Å². The molecule has 0 saturated carbocycles. The second-order valence-electron chi connectivity index (χ2n) is 5.93. The molecule has 3 heterocycles. The number of carbonyl (C=O) groups is 1. The van der Waals surface area contributed by atoms with Crippen LogP contribution in [0.15, 0.2) is 4.52 Å². The minimum atomic E-state index is -0.918. The molecular formula is C14H22N4O4. The summed E-state index contributed by atoms with van der Waals surface area (Å²) in [5.41, 5.74) is 0.236. The molecule has 1 aromatic rings. The Labute approximate surface area is 128 Å². The maximum absolute atomic E-state index is 11.8. The average molecular weight is 310 g/mol. The Bertz CT molecular complexity index is 537. The highest BCUT2D eigenvalue weighted by Gasteiger charge is 2.34. The van der Waals surface area contributed by atoms with Crippen molar-refractivity contribution in [2.24, 2.45) is 0 Å². The van der Waals surface area contributed by atoms with Gasteiger partial charge in [-0.25, -0.2) is 0 Å². The number of amides is 1. The van der Waals surface area contributed by atoms with Gasteiger partial charge >= 0.3 is 0 Å². The summed E-state index contributed by atoms with van der Waals surface area (Å²) in [5.74, 6) is 0.516. The van der Waals surface area contributed by atoms with Crippen LogP contribution in [0, 0.1) is 0 Å². The predicted octanol–water partition coefficient (Wildman–Crippen LogP) is -1.26. The van der Waals surface area contributed by atoms with Crippen LogP contribution in [0.25, 0.3) is 0 Å². The fraction of sp³-hybridized carbons (Fsp3) is 0.714. The van der Waals surface area contributed by atoms with Crippen molar-refractivity contribution >= 4 is 5.91 Å². The number of aromatic nitrogens is 1. The number of β-amino-alcohol motifs (C(OH)–C–C–N with tert-alkyl or cyclic N) is 1. The van der Waals surface area contributed by atoms with E-state index in [0.29, 0.717) is 45.0 Å². The molecule has 1 atom stereocenters. The Kier molecular flexibility index (Phi) is 4.44. The molecule has 1 amide bonds. The van der Waals surface area contributed by atoms with Gasteiger partial charge in [-0.2, -0.15) is 0 Å². The van der Waals surface area contributed by atoms with Crippen molar-refractivity contribution in [1.29, 1.82) is 0 Å². The summed E-state index contributed by atoms with van der Waals surface area (Å²) in [5, 5.41) is 20.3. The van der Waals surface area contributed by atoms with E-state index in [1.807, 2.05) is 0 Å². The fourth-order valence-electron chi connectivity index (χ4n) is 2.99. The normalized spacial score (nSPS) is 26.3. The number of nitrogens with zero attached hydrogens (tertiary/aromatic N) is 2. The highest BCUT2D eigenvalue weighted by atomic mass is 16.5. The van der Waals surface area contributed by atoms with Gasteiger partial charge in [-0.05, 0) is 0 Å². The van der Waals surface area contributed by atoms with Gasteiger partial charge in [0.25, 0.3) is 5.91 Å². The highest BCUT2D eigenvalue weighted by molar-refractivity contribution is 5.93. The van der Waals surface area contributed by atoms with E-state index in [0.717, 1.165) is 24.4 Å². The van der Waals surface area contributed by atoms with Gasteiger partial charge in [0, 0.05) is 51.8 Å². The lowest BCUT2D eigenvalue weighted by Gasteiger charge is -2.34. The molecular weight excluding hydrogens is 288 g/mol. The number of carbonyl (C=O) groups excluding carboxylic acids is 1. The van der Waals surface area contributed by atoms with Crippen LogP contribution in [0.3, 0.4) is 0 Å². The van der Waals surface area contributed by atoms with Crippen molar-refractivity contribution in [3.05, 3.63) is 17.0 Å². The zero-order valence-corrected chi connectivity index (χ0v) is 12.7. The summed E-state index contributed by atoms with van der Waals surface area (Å²) < 4.78 is 10.7. The maximum Gasteiger partial charge on any atom is 0.273 e. The standard InChI is InChI=1S/C14H22N4O4/c1-15-13(19)12-10-6-18(4-2-11(10)22-17-12)8-14(20)7-16-3-5-21-9-14/h16,20H,2-9H2,1H3,(H,15,19)/t14-/m1/s1. The molecule has 0 unspecified atom stereocenters. The number of fused-ring (bicyclic) bond motifs is 1. The van der Waals surface area contributed by atoms with E-state index < -0.39 is 5.60 Å². The van der Waals surface area contributed by atoms with E-state index >= 15 is 0 Å². The first-order valence-corrected chi connectivity index (χ1v) is 7.54. The van der Waals surface area contributed by atoms with Gasteiger partial charge in [0.2, 0.25) is 0 Å². The highest BCUT2D eigenvalue weighted by Crippen LogP contribution is 2.24. The SMILES string of the molecule is CNC(=O)c1noc2c1CN(C[C@]1(O)CNCCOC1)CC2. The summed E-state index contributed by atoms with van der Waals surface area (Å²) in [6, 6.07) is 0. The number of rotatable bonds is 3. The van der Waals surface area contributed by atoms with Gasteiger partial charge < -0.3 is 25.0 Å².